The van der Waals surface area contributed by atoms with Crippen LogP contribution in [-0.4, -0.2) is 57.1 Å². The molecule has 0 saturated carbocycles. The van der Waals surface area contributed by atoms with Gasteiger partial charge in [-0.25, -0.2) is 0 Å². The normalized spacial score (nSPS) is 15.9. The number of hydrogen-bond donors (Lipinski definition) is 2. The Labute approximate surface area is 133 Å². The molecule has 0 radical (unpaired) electrons. The molecule has 5 nitrogen and oxygen atoms in total. The van der Waals surface area contributed by atoms with E-state index in [4.69, 9.17) is 0 Å². The maximum Gasteiger partial charge on any atom is 0.239 e. The first-order valence-electron chi connectivity index (χ1n) is 8.08. The van der Waals surface area contributed by atoms with Gasteiger partial charge in [0.2, 0.25) is 5.91 Å². The molecule has 1 fully saturated rings. The molecule has 0 bridgehead atoms. The number of nitrogens with one attached hydrogen (secondary N) is 2. The van der Waals surface area contributed by atoms with Crippen LogP contribution in [-0.2, 0) is 4.79 Å². The van der Waals surface area contributed by atoms with Gasteiger partial charge >= 0.3 is 0 Å². The van der Waals surface area contributed by atoms with Crippen molar-refractivity contribution in [2.45, 2.75) is 13.8 Å². The third-order valence-corrected chi connectivity index (χ3v) is 3.90. The highest BCUT2D eigenvalue weighted by molar-refractivity contribution is 5.80. The Hall–Kier alpha value is -1.75. The van der Waals surface area contributed by atoms with Gasteiger partial charge in [-0.3, -0.25) is 4.79 Å². The SMILES string of the molecule is CC(C)CNC(=O)CNc1ccc(N2CCN(C)CC2)cc1. The number of piperazine rings is 1. The summed E-state index contributed by atoms with van der Waals surface area (Å²) in [6, 6.07) is 8.34. The molecule has 1 saturated heterocycles. The van der Waals surface area contributed by atoms with Crippen molar-refractivity contribution in [3.05, 3.63) is 24.3 Å². The summed E-state index contributed by atoms with van der Waals surface area (Å²) in [6.07, 6.45) is 0. The van der Waals surface area contributed by atoms with E-state index in [1.165, 1.54) is 5.69 Å². The van der Waals surface area contributed by atoms with Crippen LogP contribution in [0.2, 0.25) is 0 Å². The second kappa shape index (κ2) is 8.03. The minimum absolute atomic E-state index is 0.0387. The van der Waals surface area contributed by atoms with Crippen molar-refractivity contribution < 1.29 is 4.79 Å². The molecule has 1 heterocycles. The molecule has 1 aromatic carbocycles. The monoisotopic (exact) mass is 304 g/mol. The molecule has 5 heteroatoms. The van der Waals surface area contributed by atoms with Crippen LogP contribution in [0.4, 0.5) is 11.4 Å². The van der Waals surface area contributed by atoms with Crippen LogP contribution < -0.4 is 15.5 Å². The summed E-state index contributed by atoms with van der Waals surface area (Å²) in [4.78, 5) is 16.4. The lowest BCUT2D eigenvalue weighted by molar-refractivity contribution is -0.119. The molecule has 0 atom stereocenters. The van der Waals surface area contributed by atoms with Crippen LogP contribution in [0, 0.1) is 5.92 Å². The number of carbonyl (C=O) groups is 1. The summed E-state index contributed by atoms with van der Waals surface area (Å²) in [5.74, 6) is 0.517. The maximum atomic E-state index is 11.7. The summed E-state index contributed by atoms with van der Waals surface area (Å²) in [5, 5.41) is 6.07. The van der Waals surface area contributed by atoms with E-state index in [1.54, 1.807) is 0 Å². The van der Waals surface area contributed by atoms with Gasteiger partial charge in [0.25, 0.3) is 0 Å². The van der Waals surface area contributed by atoms with E-state index in [0.717, 1.165) is 38.4 Å². The molecule has 2 rings (SSSR count). The minimum Gasteiger partial charge on any atom is -0.376 e. The zero-order chi connectivity index (χ0) is 15.9. The molecule has 1 aliphatic heterocycles. The third kappa shape index (κ3) is 5.22. The Morgan fingerprint density at radius 3 is 2.36 bits per heavy atom. The summed E-state index contributed by atoms with van der Waals surface area (Å²) < 4.78 is 0. The van der Waals surface area contributed by atoms with E-state index >= 15 is 0 Å². The number of nitrogens with zero attached hydrogens (tertiary/aromatic N) is 2. The van der Waals surface area contributed by atoms with Gasteiger partial charge in [-0.05, 0) is 37.2 Å². The molecule has 1 amide bonds. The van der Waals surface area contributed by atoms with Gasteiger partial charge in [0.15, 0.2) is 0 Å². The van der Waals surface area contributed by atoms with E-state index < -0.39 is 0 Å². The van der Waals surface area contributed by atoms with Crippen LogP contribution in [0.15, 0.2) is 24.3 Å². The largest absolute Gasteiger partial charge is 0.376 e. The Morgan fingerprint density at radius 1 is 1.14 bits per heavy atom. The molecule has 0 aliphatic carbocycles. The summed E-state index contributed by atoms with van der Waals surface area (Å²) in [5.41, 5.74) is 2.24. The van der Waals surface area contributed by atoms with Crippen molar-refractivity contribution in [1.82, 2.24) is 10.2 Å². The molecule has 1 aromatic rings. The second-order valence-electron chi connectivity index (χ2n) is 6.39. The molecule has 2 N–H and O–H groups in total. The van der Waals surface area contributed by atoms with Gasteiger partial charge in [-0.15, -0.1) is 0 Å². The van der Waals surface area contributed by atoms with Crippen LogP contribution >= 0.6 is 0 Å². The minimum atomic E-state index is 0.0387. The Balaban J connectivity index is 1.78. The van der Waals surface area contributed by atoms with Crippen molar-refractivity contribution >= 4 is 17.3 Å². The number of hydrogen-bond acceptors (Lipinski definition) is 4. The van der Waals surface area contributed by atoms with E-state index in [2.05, 4.69) is 53.5 Å². The first-order chi connectivity index (χ1) is 10.5. The van der Waals surface area contributed by atoms with Gasteiger partial charge in [0.05, 0.1) is 6.54 Å². The maximum absolute atomic E-state index is 11.7. The average Bonchev–Trinajstić information content (AvgIpc) is 2.52. The van der Waals surface area contributed by atoms with Crippen molar-refractivity contribution in [1.29, 1.82) is 0 Å². The molecule has 0 aromatic heterocycles. The lowest BCUT2D eigenvalue weighted by Crippen LogP contribution is -2.44. The van der Waals surface area contributed by atoms with Crippen LogP contribution in [0.5, 0.6) is 0 Å². The highest BCUT2D eigenvalue weighted by Gasteiger charge is 2.13. The number of rotatable bonds is 6. The lowest BCUT2D eigenvalue weighted by atomic mass is 10.2. The van der Waals surface area contributed by atoms with Gasteiger partial charge < -0.3 is 20.4 Å². The fourth-order valence-corrected chi connectivity index (χ4v) is 2.42. The Bertz CT molecular complexity index is 464. The van der Waals surface area contributed by atoms with Gasteiger partial charge in [0.1, 0.15) is 0 Å². The fraction of sp³-hybridized carbons (Fsp3) is 0.588. The number of anilines is 2. The van der Waals surface area contributed by atoms with Gasteiger partial charge in [0, 0.05) is 44.1 Å². The van der Waals surface area contributed by atoms with Crippen LogP contribution in [0.1, 0.15) is 13.8 Å². The molecular weight excluding hydrogens is 276 g/mol. The molecular formula is C17H28N4O. The summed E-state index contributed by atoms with van der Waals surface area (Å²) >= 11 is 0. The topological polar surface area (TPSA) is 47.6 Å². The van der Waals surface area contributed by atoms with Crippen molar-refractivity contribution in [2.75, 3.05) is 56.5 Å². The first kappa shape index (κ1) is 16.6. The highest BCUT2D eigenvalue weighted by Crippen LogP contribution is 2.19. The van der Waals surface area contributed by atoms with E-state index in [0.29, 0.717) is 12.5 Å². The van der Waals surface area contributed by atoms with Gasteiger partial charge in [-0.2, -0.15) is 0 Å². The molecule has 22 heavy (non-hydrogen) atoms. The summed E-state index contributed by atoms with van der Waals surface area (Å²) in [6.45, 7) is 9.58. The zero-order valence-electron chi connectivity index (χ0n) is 13.9. The number of benzene rings is 1. The second-order valence-corrected chi connectivity index (χ2v) is 6.39. The third-order valence-electron chi connectivity index (χ3n) is 3.90. The number of carbonyl (C=O) groups excluding carboxylic acids is 1. The lowest BCUT2D eigenvalue weighted by Gasteiger charge is -2.34. The summed E-state index contributed by atoms with van der Waals surface area (Å²) in [7, 11) is 2.16. The van der Waals surface area contributed by atoms with Crippen LogP contribution in [0.25, 0.3) is 0 Å². The zero-order valence-corrected chi connectivity index (χ0v) is 13.9. The van der Waals surface area contributed by atoms with Gasteiger partial charge in [-0.1, -0.05) is 13.8 Å². The van der Waals surface area contributed by atoms with E-state index in [1.807, 2.05) is 12.1 Å². The molecule has 122 valence electrons. The molecule has 1 aliphatic rings. The number of amides is 1. The number of likely N-dealkylation sites (N-methyl/N-ethyl adjacent to an activating group) is 1. The average molecular weight is 304 g/mol. The smallest absolute Gasteiger partial charge is 0.239 e. The molecule has 0 spiro atoms. The van der Waals surface area contributed by atoms with Crippen molar-refractivity contribution in [3.8, 4) is 0 Å². The highest BCUT2D eigenvalue weighted by atomic mass is 16.1. The van der Waals surface area contributed by atoms with Crippen LogP contribution in [0.3, 0.4) is 0 Å². The standard InChI is InChI=1S/C17H28N4O/c1-14(2)12-19-17(22)13-18-15-4-6-16(7-5-15)21-10-8-20(3)9-11-21/h4-7,14,18H,8-13H2,1-3H3,(H,19,22). The van der Waals surface area contributed by atoms with Crippen molar-refractivity contribution in [2.24, 2.45) is 5.92 Å². The van der Waals surface area contributed by atoms with Crippen molar-refractivity contribution in [3.63, 3.8) is 0 Å². The Morgan fingerprint density at radius 2 is 1.77 bits per heavy atom. The van der Waals surface area contributed by atoms with E-state index in [9.17, 15) is 4.79 Å². The predicted molar refractivity (Wildman–Crippen MR) is 92.5 cm³/mol. The fourth-order valence-electron chi connectivity index (χ4n) is 2.42. The quantitative estimate of drug-likeness (QED) is 0.838. The predicted octanol–water partition coefficient (Wildman–Crippen LogP) is 1.62. The van der Waals surface area contributed by atoms with E-state index in [-0.39, 0.29) is 5.91 Å². The molecule has 0 unspecified atom stereocenters. The first-order valence-corrected chi connectivity index (χ1v) is 8.08. The Kier molecular flexibility index (Phi) is 6.07.